The van der Waals surface area contributed by atoms with Gasteiger partial charge in [-0.15, -0.1) is 0 Å². The SMILES string of the molecule is Cc1ccc2cc3cc(C)c4ccccc4c3nc2c1. The zero-order valence-corrected chi connectivity index (χ0v) is 11.6. The Balaban J connectivity index is 2.25. The molecule has 3 aromatic carbocycles. The summed E-state index contributed by atoms with van der Waals surface area (Å²) in [5.41, 5.74) is 4.73. The standard InChI is InChI=1S/C19H15N/c1-12-7-8-14-11-15-10-13(2)16-5-3-4-6-17(16)19(15)20-18(14)9-12/h3-11H,1-2H3. The first kappa shape index (κ1) is 11.4. The van der Waals surface area contributed by atoms with Crippen molar-refractivity contribution in [2.24, 2.45) is 0 Å². The van der Waals surface area contributed by atoms with Gasteiger partial charge in [0.05, 0.1) is 11.0 Å². The zero-order chi connectivity index (χ0) is 13.7. The molecule has 0 atom stereocenters. The molecule has 1 heteroatoms. The molecule has 0 aliphatic rings. The van der Waals surface area contributed by atoms with E-state index < -0.39 is 0 Å². The van der Waals surface area contributed by atoms with Crippen LogP contribution in [0.4, 0.5) is 0 Å². The number of fused-ring (bicyclic) bond motifs is 4. The summed E-state index contributed by atoms with van der Waals surface area (Å²) in [5.74, 6) is 0. The van der Waals surface area contributed by atoms with Gasteiger partial charge < -0.3 is 0 Å². The Kier molecular flexibility index (Phi) is 2.31. The number of pyridine rings is 1. The lowest BCUT2D eigenvalue weighted by Gasteiger charge is -2.08. The Hall–Kier alpha value is -2.41. The van der Waals surface area contributed by atoms with E-state index in [1.54, 1.807) is 0 Å². The highest BCUT2D eigenvalue weighted by Crippen LogP contribution is 2.29. The molecule has 0 unspecified atom stereocenters. The summed E-state index contributed by atoms with van der Waals surface area (Å²) in [5, 5.41) is 4.96. The van der Waals surface area contributed by atoms with Crippen molar-refractivity contribution in [1.29, 1.82) is 0 Å². The highest BCUT2D eigenvalue weighted by atomic mass is 14.7. The van der Waals surface area contributed by atoms with Crippen LogP contribution >= 0.6 is 0 Å². The lowest BCUT2D eigenvalue weighted by Crippen LogP contribution is -1.87. The fourth-order valence-corrected chi connectivity index (χ4v) is 2.96. The second-order valence-corrected chi connectivity index (χ2v) is 5.50. The molecule has 0 aliphatic heterocycles. The number of hydrogen-bond acceptors (Lipinski definition) is 1. The first-order valence-corrected chi connectivity index (χ1v) is 6.92. The van der Waals surface area contributed by atoms with Gasteiger partial charge in [-0.25, -0.2) is 4.98 Å². The van der Waals surface area contributed by atoms with E-state index in [1.165, 1.54) is 32.7 Å². The van der Waals surface area contributed by atoms with Crippen LogP contribution in [0.1, 0.15) is 11.1 Å². The van der Waals surface area contributed by atoms with Crippen molar-refractivity contribution in [3.63, 3.8) is 0 Å². The van der Waals surface area contributed by atoms with Crippen molar-refractivity contribution in [1.82, 2.24) is 4.98 Å². The molecular formula is C19H15N. The minimum absolute atomic E-state index is 1.08. The van der Waals surface area contributed by atoms with E-state index in [0.29, 0.717) is 0 Å². The smallest absolute Gasteiger partial charge is 0.0788 e. The first-order valence-electron chi connectivity index (χ1n) is 6.92. The molecule has 0 saturated heterocycles. The Morgan fingerprint density at radius 3 is 2.40 bits per heavy atom. The van der Waals surface area contributed by atoms with Crippen LogP contribution in [0.25, 0.3) is 32.6 Å². The maximum atomic E-state index is 4.91. The summed E-state index contributed by atoms with van der Waals surface area (Å²) in [4.78, 5) is 4.91. The minimum Gasteiger partial charge on any atom is -0.247 e. The number of benzene rings is 3. The van der Waals surface area contributed by atoms with Crippen LogP contribution in [0.5, 0.6) is 0 Å². The molecular weight excluding hydrogens is 242 g/mol. The van der Waals surface area contributed by atoms with Gasteiger partial charge in [-0.2, -0.15) is 0 Å². The fourth-order valence-electron chi connectivity index (χ4n) is 2.96. The Labute approximate surface area is 117 Å². The topological polar surface area (TPSA) is 12.9 Å². The lowest BCUT2D eigenvalue weighted by atomic mass is 10.00. The van der Waals surface area contributed by atoms with Crippen LogP contribution in [0.3, 0.4) is 0 Å². The van der Waals surface area contributed by atoms with Crippen molar-refractivity contribution in [2.45, 2.75) is 13.8 Å². The molecule has 4 rings (SSSR count). The molecule has 0 radical (unpaired) electrons. The van der Waals surface area contributed by atoms with Crippen LogP contribution in [0, 0.1) is 13.8 Å². The van der Waals surface area contributed by atoms with E-state index >= 15 is 0 Å². The second-order valence-electron chi connectivity index (χ2n) is 5.50. The maximum absolute atomic E-state index is 4.91. The van der Waals surface area contributed by atoms with E-state index in [-0.39, 0.29) is 0 Å². The molecule has 0 aliphatic carbocycles. The molecule has 96 valence electrons. The summed E-state index contributed by atoms with van der Waals surface area (Å²) in [6.07, 6.45) is 0. The predicted molar refractivity (Wildman–Crippen MR) is 86.2 cm³/mol. The highest BCUT2D eigenvalue weighted by molar-refractivity contribution is 6.09. The molecule has 0 fully saturated rings. The second kappa shape index (κ2) is 4.04. The van der Waals surface area contributed by atoms with Crippen molar-refractivity contribution in [3.05, 3.63) is 65.7 Å². The monoisotopic (exact) mass is 257 g/mol. The van der Waals surface area contributed by atoms with Crippen molar-refractivity contribution >= 4 is 32.6 Å². The van der Waals surface area contributed by atoms with Crippen LogP contribution in [0.15, 0.2) is 54.6 Å². The van der Waals surface area contributed by atoms with Gasteiger partial charge in [-0.05, 0) is 48.6 Å². The molecule has 0 saturated carbocycles. The molecule has 0 spiro atoms. The zero-order valence-electron chi connectivity index (χ0n) is 11.6. The van der Waals surface area contributed by atoms with Crippen LogP contribution in [0.2, 0.25) is 0 Å². The third-order valence-corrected chi connectivity index (χ3v) is 3.98. The van der Waals surface area contributed by atoms with Crippen molar-refractivity contribution in [2.75, 3.05) is 0 Å². The Bertz CT molecular complexity index is 967. The Morgan fingerprint density at radius 1 is 0.750 bits per heavy atom. The van der Waals surface area contributed by atoms with Gasteiger partial charge in [0.1, 0.15) is 0 Å². The van der Waals surface area contributed by atoms with E-state index in [9.17, 15) is 0 Å². The molecule has 1 heterocycles. The average Bonchev–Trinajstić information content (AvgIpc) is 2.46. The number of hydrogen-bond donors (Lipinski definition) is 0. The third-order valence-electron chi connectivity index (χ3n) is 3.98. The normalized spacial score (nSPS) is 11.5. The molecule has 0 bridgehead atoms. The van der Waals surface area contributed by atoms with Crippen LogP contribution in [-0.4, -0.2) is 4.98 Å². The van der Waals surface area contributed by atoms with E-state index in [1.807, 2.05) is 0 Å². The van der Waals surface area contributed by atoms with Gasteiger partial charge in [-0.3, -0.25) is 0 Å². The quantitative estimate of drug-likeness (QED) is 0.313. The van der Waals surface area contributed by atoms with Gasteiger partial charge in [0.2, 0.25) is 0 Å². The number of aromatic nitrogens is 1. The van der Waals surface area contributed by atoms with E-state index in [4.69, 9.17) is 4.98 Å². The molecule has 20 heavy (non-hydrogen) atoms. The summed E-state index contributed by atoms with van der Waals surface area (Å²) in [7, 11) is 0. The van der Waals surface area contributed by atoms with Gasteiger partial charge in [-0.1, -0.05) is 36.4 Å². The molecule has 0 amide bonds. The van der Waals surface area contributed by atoms with Crippen LogP contribution < -0.4 is 0 Å². The van der Waals surface area contributed by atoms with Crippen LogP contribution in [-0.2, 0) is 0 Å². The van der Waals surface area contributed by atoms with Gasteiger partial charge in [0.25, 0.3) is 0 Å². The van der Waals surface area contributed by atoms with Gasteiger partial charge >= 0.3 is 0 Å². The number of rotatable bonds is 0. The lowest BCUT2D eigenvalue weighted by molar-refractivity contribution is 1.44. The molecule has 4 aromatic rings. The summed E-state index contributed by atoms with van der Waals surface area (Å²) in [6, 6.07) is 19.5. The molecule has 1 aromatic heterocycles. The maximum Gasteiger partial charge on any atom is 0.0788 e. The van der Waals surface area contributed by atoms with Crippen molar-refractivity contribution in [3.8, 4) is 0 Å². The van der Waals surface area contributed by atoms with E-state index in [0.717, 1.165) is 11.0 Å². The number of aryl methyl sites for hydroxylation is 2. The third kappa shape index (κ3) is 1.60. The summed E-state index contributed by atoms with van der Waals surface area (Å²) in [6.45, 7) is 4.28. The Morgan fingerprint density at radius 2 is 1.55 bits per heavy atom. The van der Waals surface area contributed by atoms with Gasteiger partial charge in [0, 0.05) is 16.2 Å². The minimum atomic E-state index is 1.08. The fraction of sp³-hybridized carbons (Fsp3) is 0.105. The first-order chi connectivity index (χ1) is 9.72. The average molecular weight is 257 g/mol. The summed E-state index contributed by atoms with van der Waals surface area (Å²) < 4.78 is 0. The summed E-state index contributed by atoms with van der Waals surface area (Å²) >= 11 is 0. The number of nitrogens with zero attached hydrogens (tertiary/aromatic N) is 1. The largest absolute Gasteiger partial charge is 0.247 e. The highest BCUT2D eigenvalue weighted by Gasteiger charge is 2.06. The van der Waals surface area contributed by atoms with E-state index in [2.05, 4.69) is 68.4 Å². The molecule has 0 N–H and O–H groups in total. The predicted octanol–water partition coefficient (Wildman–Crippen LogP) is 5.16. The van der Waals surface area contributed by atoms with Crippen molar-refractivity contribution < 1.29 is 0 Å². The van der Waals surface area contributed by atoms with Gasteiger partial charge in [0.15, 0.2) is 0 Å². The molecule has 1 nitrogen and oxygen atoms in total.